The van der Waals surface area contributed by atoms with E-state index in [0.717, 1.165) is 0 Å². The number of aromatic nitrogens is 3. The first-order valence-electron chi connectivity index (χ1n) is 27.3. The molecule has 0 aliphatic carbocycles. The zero-order valence-electron chi connectivity index (χ0n) is 46.2. The number of primary amides is 1. The Morgan fingerprint density at radius 2 is 1.34 bits per heavy atom. The highest BCUT2D eigenvalue weighted by Crippen LogP contribution is 2.22. The number of aromatic hydroxyl groups is 1. The molecule has 0 bridgehead atoms. The number of likely N-dealkylation sites (N-methyl/N-ethyl adjacent to an activating group) is 1. The van der Waals surface area contributed by atoms with Gasteiger partial charge in [0.15, 0.2) is 0 Å². The highest BCUT2D eigenvalue weighted by molar-refractivity contribution is 5.99. The molecule has 9 atom stereocenters. The van der Waals surface area contributed by atoms with E-state index in [1.807, 2.05) is 0 Å². The molecule has 4 aromatic rings. The average molecular weight is 1140 g/mol. The van der Waals surface area contributed by atoms with Gasteiger partial charge in [0, 0.05) is 74.2 Å². The summed E-state index contributed by atoms with van der Waals surface area (Å²) in [6, 6.07) is 1.13. The molecular weight excluding hydrogens is 1060 g/mol. The van der Waals surface area contributed by atoms with Crippen LogP contribution in [0.1, 0.15) is 89.5 Å². The Hall–Kier alpha value is -8.88. The van der Waals surface area contributed by atoms with Crippen molar-refractivity contribution in [2.24, 2.45) is 11.7 Å². The number of nitrogens with zero attached hydrogens (tertiary/aromatic N) is 2. The van der Waals surface area contributed by atoms with Gasteiger partial charge in [-0.25, -0.2) is 4.98 Å². The number of amides is 11. The number of benzene rings is 2. The Balaban J connectivity index is 1.18. The molecule has 2 aliphatic rings. The van der Waals surface area contributed by atoms with Crippen molar-refractivity contribution in [2.75, 3.05) is 19.7 Å². The van der Waals surface area contributed by atoms with Gasteiger partial charge < -0.3 is 78.7 Å². The zero-order chi connectivity index (χ0) is 59.6. The van der Waals surface area contributed by atoms with Gasteiger partial charge in [-0.05, 0) is 81.2 Å². The second-order valence-corrected chi connectivity index (χ2v) is 20.9. The minimum atomic E-state index is -1.75. The number of nitrogens with one attached hydrogen (secondary N) is 11. The molecule has 2 saturated heterocycles. The molecule has 15 N–H and O–H groups in total. The third-order valence-electron chi connectivity index (χ3n) is 14.1. The van der Waals surface area contributed by atoms with Crippen LogP contribution in [0.15, 0.2) is 67.3 Å². The van der Waals surface area contributed by atoms with Crippen LogP contribution in [0, 0.1) is 5.92 Å². The summed E-state index contributed by atoms with van der Waals surface area (Å²) in [6.07, 6.45) is 4.76. The number of imidazole rings is 1. The van der Waals surface area contributed by atoms with Gasteiger partial charge in [-0.3, -0.25) is 52.7 Å². The molecule has 0 spiro atoms. The Morgan fingerprint density at radius 3 is 1.98 bits per heavy atom. The van der Waals surface area contributed by atoms with Crippen LogP contribution in [0.25, 0.3) is 10.9 Å². The summed E-state index contributed by atoms with van der Waals surface area (Å²) in [5.41, 5.74) is 7.60. The number of carbonyl (C=O) groups is 11. The molecule has 442 valence electrons. The smallest absolute Gasteiger partial charge is 0.245 e. The number of phenolic OH excluding ortho intramolecular Hbond substituents is 1. The van der Waals surface area contributed by atoms with Crippen molar-refractivity contribution in [3.63, 3.8) is 0 Å². The summed E-state index contributed by atoms with van der Waals surface area (Å²) in [5.74, 6) is -8.35. The maximum Gasteiger partial charge on any atom is 0.245 e. The number of aliphatic hydroxyl groups is 1. The number of likely N-dealkylation sites (tertiary alicyclic amines) is 1. The predicted octanol–water partition coefficient (Wildman–Crippen LogP) is -2.25. The van der Waals surface area contributed by atoms with Gasteiger partial charge >= 0.3 is 0 Å². The minimum Gasteiger partial charge on any atom is -0.508 e. The molecule has 27 heteroatoms. The molecule has 2 fully saturated rings. The fourth-order valence-electron chi connectivity index (χ4n) is 9.72. The van der Waals surface area contributed by atoms with E-state index in [0.29, 0.717) is 47.1 Å². The summed E-state index contributed by atoms with van der Waals surface area (Å²) in [5, 5.41) is 44.9. The topological polar surface area (TPSA) is 410 Å². The fourth-order valence-corrected chi connectivity index (χ4v) is 9.72. The molecule has 27 nitrogen and oxygen atoms in total. The van der Waals surface area contributed by atoms with Crippen molar-refractivity contribution in [3.8, 4) is 5.75 Å². The lowest BCUT2D eigenvalue weighted by atomic mass is 10.0. The van der Waals surface area contributed by atoms with E-state index >= 15 is 0 Å². The second kappa shape index (κ2) is 29.5. The number of rotatable bonds is 29. The molecule has 4 heterocycles. The average Bonchev–Trinajstić information content (AvgIpc) is 4.49. The quantitative estimate of drug-likeness (QED) is 0.0273. The number of hydrogen-bond donors (Lipinski definition) is 14. The van der Waals surface area contributed by atoms with Crippen LogP contribution in [-0.4, -0.2) is 169 Å². The van der Waals surface area contributed by atoms with Crippen LogP contribution in [0.5, 0.6) is 5.75 Å². The third kappa shape index (κ3) is 17.6. The van der Waals surface area contributed by atoms with E-state index in [1.54, 1.807) is 51.2 Å². The summed E-state index contributed by atoms with van der Waals surface area (Å²) in [4.78, 5) is 160. The second-order valence-electron chi connectivity index (χ2n) is 20.9. The van der Waals surface area contributed by atoms with Crippen molar-refractivity contribution in [3.05, 3.63) is 84.1 Å². The van der Waals surface area contributed by atoms with Crippen molar-refractivity contribution in [1.82, 2.24) is 67.7 Å². The lowest BCUT2D eigenvalue weighted by molar-refractivity contribution is -0.142. The van der Waals surface area contributed by atoms with Crippen molar-refractivity contribution in [1.29, 1.82) is 0 Å². The molecule has 11 amide bonds. The molecule has 6 rings (SSSR count). The van der Waals surface area contributed by atoms with Gasteiger partial charge in [0.1, 0.15) is 60.1 Å². The predicted molar refractivity (Wildman–Crippen MR) is 295 cm³/mol. The Kier molecular flexibility index (Phi) is 22.5. The summed E-state index contributed by atoms with van der Waals surface area (Å²) < 4.78 is 0. The van der Waals surface area contributed by atoms with E-state index in [1.165, 1.54) is 48.6 Å². The van der Waals surface area contributed by atoms with E-state index in [4.69, 9.17) is 5.73 Å². The summed E-state index contributed by atoms with van der Waals surface area (Å²) >= 11 is 0. The number of H-pyrrole nitrogens is 2. The van der Waals surface area contributed by atoms with Crippen LogP contribution in [-0.2, 0) is 72.0 Å². The Bertz CT molecular complexity index is 2930. The van der Waals surface area contributed by atoms with Gasteiger partial charge in [0.2, 0.25) is 65.0 Å². The molecule has 2 aliphatic heterocycles. The number of carbonyl (C=O) groups excluding carboxylic acids is 11. The van der Waals surface area contributed by atoms with Crippen LogP contribution in [0.3, 0.4) is 0 Å². The highest BCUT2D eigenvalue weighted by Gasteiger charge is 2.40. The fraction of sp³-hybridized carbons (Fsp3) is 0.491. The van der Waals surface area contributed by atoms with Crippen LogP contribution < -0.4 is 53.6 Å². The number of aromatic amines is 2. The third-order valence-corrected chi connectivity index (χ3v) is 14.1. The highest BCUT2D eigenvalue weighted by atomic mass is 16.3. The van der Waals surface area contributed by atoms with E-state index in [-0.39, 0.29) is 81.4 Å². The summed E-state index contributed by atoms with van der Waals surface area (Å²) in [6.45, 7) is 6.18. The first-order chi connectivity index (χ1) is 39.1. The molecular formula is C55H74N14O13. The van der Waals surface area contributed by atoms with Gasteiger partial charge in [0.05, 0.1) is 12.9 Å². The number of para-hydroxylation sites is 1. The number of fused-ring (bicyclic) bond motifs is 1. The van der Waals surface area contributed by atoms with E-state index < -0.39 is 114 Å². The molecule has 0 saturated carbocycles. The van der Waals surface area contributed by atoms with Crippen LogP contribution >= 0.6 is 0 Å². The standard InChI is InChI=1S/C55H74N14O13/c1-5-58-54(81)44-11-8-20-69(44)55(82)38(16-18-45(56)72)63-50(77)39(21-29(2)3)64-47(74)30(4)61-49(76)40(22-31-12-14-34(71)15-13-31)65-53(80)43(27-70)68-51(78)41(23-32-25-59-36-10-7-6-9-35(32)36)66-52(79)42(24-33-26-57-28-60-33)67-48(75)37-17-19-46(73)62-37/h6-7,9-10,12-15,25-26,28-30,37-44,59,70-71H,5,8,11,16-24,27H2,1-4H3,(H2,56,72)(H,57,60)(H,58,81)(H,61,76)(H,62,73)(H,63,77)(H,64,74)(H,65,80)(H,66,79)(H,67,75)(H,68,78). The van der Waals surface area contributed by atoms with Gasteiger partial charge in [0.25, 0.3) is 0 Å². The zero-order valence-corrected chi connectivity index (χ0v) is 46.2. The monoisotopic (exact) mass is 1140 g/mol. The number of nitrogens with two attached hydrogens (primary N) is 1. The Morgan fingerprint density at radius 1 is 0.720 bits per heavy atom. The molecule has 0 radical (unpaired) electrons. The van der Waals surface area contributed by atoms with Crippen molar-refractivity contribution < 1.29 is 63.0 Å². The lowest BCUT2D eigenvalue weighted by Crippen LogP contribution is -2.61. The minimum absolute atomic E-state index is 0.0595. The summed E-state index contributed by atoms with van der Waals surface area (Å²) in [7, 11) is 0. The molecule has 2 aromatic heterocycles. The largest absolute Gasteiger partial charge is 0.508 e. The number of aliphatic hydroxyl groups excluding tert-OH is 1. The SMILES string of the molecule is CCNC(=O)C1CCCN1C(=O)C(CCC(N)=O)NC(=O)C(CC(C)C)NC(=O)C(C)NC(=O)C(Cc1ccc(O)cc1)NC(=O)C(CO)NC(=O)C(Cc1c[nH]c2ccccc12)NC(=O)C(Cc1cnc[nH]1)NC(=O)C1CCC(=O)N1. The molecule has 2 aromatic carbocycles. The van der Waals surface area contributed by atoms with Crippen LogP contribution in [0.4, 0.5) is 0 Å². The first-order valence-corrected chi connectivity index (χ1v) is 27.3. The number of phenols is 1. The van der Waals surface area contributed by atoms with E-state index in [9.17, 15) is 63.0 Å². The molecule has 9 unspecified atom stereocenters. The van der Waals surface area contributed by atoms with Gasteiger partial charge in [-0.15, -0.1) is 0 Å². The van der Waals surface area contributed by atoms with E-state index in [2.05, 4.69) is 62.8 Å². The molecule has 82 heavy (non-hydrogen) atoms. The number of hydrogen-bond acceptors (Lipinski definition) is 14. The first kappa shape index (κ1) is 62.3. The van der Waals surface area contributed by atoms with Crippen molar-refractivity contribution in [2.45, 2.75) is 146 Å². The lowest BCUT2D eigenvalue weighted by Gasteiger charge is -2.30. The van der Waals surface area contributed by atoms with Gasteiger partial charge in [-0.1, -0.05) is 44.2 Å². The van der Waals surface area contributed by atoms with Gasteiger partial charge in [-0.2, -0.15) is 0 Å². The Labute approximate surface area is 472 Å². The maximum absolute atomic E-state index is 14.5. The van der Waals surface area contributed by atoms with Crippen molar-refractivity contribution >= 4 is 75.9 Å². The normalized spacial score (nSPS) is 17.4. The maximum atomic E-state index is 14.5. The van der Waals surface area contributed by atoms with Crippen LogP contribution in [0.2, 0.25) is 0 Å².